The van der Waals surface area contributed by atoms with E-state index in [2.05, 4.69) is 0 Å². The van der Waals surface area contributed by atoms with Crippen LogP contribution < -0.4 is 0 Å². The van der Waals surface area contributed by atoms with Gasteiger partial charge in [0, 0.05) is 0 Å². The average Bonchev–Trinajstić information content (AvgIpc) is 1.72. The van der Waals surface area contributed by atoms with Crippen molar-refractivity contribution in [3.8, 4) is 0 Å². The summed E-state index contributed by atoms with van der Waals surface area (Å²) in [5, 5.41) is 0. The van der Waals surface area contributed by atoms with Gasteiger partial charge in [-0.05, 0) is 0 Å². The van der Waals surface area contributed by atoms with Crippen molar-refractivity contribution >= 4 is 120 Å². The van der Waals surface area contributed by atoms with Crippen LogP contribution in [0, 0.1) is 0 Å². The van der Waals surface area contributed by atoms with E-state index in [1.165, 1.54) is 0 Å². The zero-order valence-corrected chi connectivity index (χ0v) is 17.2. The minimum absolute atomic E-state index is 0. The summed E-state index contributed by atoms with van der Waals surface area (Å²) >= 11 is 0. The maximum absolute atomic E-state index is 2.00. The molecule has 5 heteroatoms. The molecule has 0 fully saturated rings. The molecule has 0 aromatic heterocycles. The first-order chi connectivity index (χ1) is 3.00. The van der Waals surface area contributed by atoms with E-state index in [4.69, 9.17) is 0 Å². The summed E-state index contributed by atoms with van der Waals surface area (Å²) in [6, 6.07) is 12.0. The molecule has 0 saturated heterocycles. The number of hydrogen-bond donors (Lipinski definition) is 0. The monoisotopic (exact) mass is 718 g/mol. The van der Waals surface area contributed by atoms with E-state index in [0.717, 1.165) is 0 Å². The number of rotatable bonds is 0. The molecule has 1 rings (SSSR count). The topological polar surface area (TPSA) is 0 Å². The van der Waals surface area contributed by atoms with Crippen LogP contribution in [-0.2, 0) is 0 Å². The van der Waals surface area contributed by atoms with Crippen LogP contribution in [-0.4, -0.2) is 0 Å². The van der Waals surface area contributed by atoms with E-state index in [9.17, 15) is 0 Å². The van der Waals surface area contributed by atoms with Crippen molar-refractivity contribution in [2.75, 3.05) is 0 Å². The van der Waals surface area contributed by atoms with Crippen LogP contribution in [0.5, 0.6) is 0 Å². The van der Waals surface area contributed by atoms with Gasteiger partial charge < -0.3 is 0 Å². The highest BCUT2D eigenvalue weighted by Crippen LogP contribution is 1.79. The Morgan fingerprint density at radius 3 is 0.455 bits per heavy atom. The van der Waals surface area contributed by atoms with Crippen molar-refractivity contribution < 1.29 is 0 Å². The molecule has 0 heterocycles. The Morgan fingerprint density at radius 1 is 0.273 bits per heavy atom. The number of halogens is 5. The molecule has 0 spiro atoms. The molecule has 0 aliphatic carbocycles. The van der Waals surface area contributed by atoms with Crippen molar-refractivity contribution in [2.45, 2.75) is 0 Å². The Hall–Kier alpha value is 2.87. The summed E-state index contributed by atoms with van der Waals surface area (Å²) in [5.74, 6) is 0. The molecule has 0 aliphatic rings. The lowest BCUT2D eigenvalue weighted by Gasteiger charge is -1.69. The molecular weight excluding hydrogens is 707 g/mol. The molecule has 0 amide bonds. The fourth-order valence-corrected chi connectivity index (χ4v) is 0.385. The first-order valence-electron chi connectivity index (χ1n) is 2.00. The third kappa shape index (κ3) is 19.3. The lowest BCUT2D eigenvalue weighted by molar-refractivity contribution is 1.72. The van der Waals surface area contributed by atoms with E-state index in [1.54, 1.807) is 0 Å². The largest absolute Gasteiger partial charge is 0.107 e. The van der Waals surface area contributed by atoms with Crippen LogP contribution in [0.4, 0.5) is 0 Å². The smallest absolute Gasteiger partial charge is 0.0623 e. The van der Waals surface area contributed by atoms with E-state index < -0.39 is 0 Å². The van der Waals surface area contributed by atoms with Crippen molar-refractivity contribution in [2.24, 2.45) is 0 Å². The van der Waals surface area contributed by atoms with Crippen LogP contribution in [0.2, 0.25) is 0 Å². The Balaban J connectivity index is -0.0000000240. The van der Waals surface area contributed by atoms with Crippen molar-refractivity contribution in [1.29, 1.82) is 0 Å². The zero-order chi connectivity index (χ0) is 4.24. The molecule has 70 valence electrons. The van der Waals surface area contributed by atoms with Crippen LogP contribution in [0.15, 0.2) is 36.4 Å². The van der Waals surface area contributed by atoms with Gasteiger partial charge >= 0.3 is 0 Å². The second kappa shape index (κ2) is 23.0. The normalized spacial score (nSPS) is 4.36. The molecule has 0 bridgehead atoms. The second-order valence-corrected chi connectivity index (χ2v) is 1.15. The maximum Gasteiger partial charge on any atom is -0.0623 e. The minimum atomic E-state index is 0. The van der Waals surface area contributed by atoms with E-state index in [-0.39, 0.29) is 120 Å². The number of benzene rings is 1. The second-order valence-electron chi connectivity index (χ2n) is 1.15. The van der Waals surface area contributed by atoms with Crippen LogP contribution in [0.25, 0.3) is 0 Å². The summed E-state index contributed by atoms with van der Waals surface area (Å²) in [7, 11) is 0. The molecule has 0 atom stereocenters. The minimum Gasteiger partial charge on any atom is -0.107 e. The fourth-order valence-electron chi connectivity index (χ4n) is 0.385. The Labute approximate surface area is 153 Å². The van der Waals surface area contributed by atoms with Gasteiger partial charge in [0.1, 0.15) is 0 Å². The van der Waals surface area contributed by atoms with E-state index >= 15 is 0 Å². The summed E-state index contributed by atoms with van der Waals surface area (Å²) in [6.07, 6.45) is 0. The predicted octanol–water partition coefficient (Wildman–Crippen LogP) is 4.78. The fraction of sp³-hybridized carbons (Fsp3) is 0. The van der Waals surface area contributed by atoms with Crippen LogP contribution in [0.3, 0.4) is 0 Å². The van der Waals surface area contributed by atoms with Gasteiger partial charge in [-0.1, -0.05) is 36.4 Å². The predicted molar refractivity (Wildman–Crippen MR) is 104 cm³/mol. The Bertz CT molecular complexity index is 82.9. The Kier molecular flexibility index (Phi) is 61.2. The van der Waals surface area contributed by atoms with Gasteiger partial charge in [0.15, 0.2) is 0 Å². The summed E-state index contributed by atoms with van der Waals surface area (Å²) in [4.78, 5) is 0. The zero-order valence-electron chi connectivity index (χ0n) is 5.51. The maximum atomic E-state index is 2.00. The molecule has 1 aromatic carbocycles. The highest BCUT2D eigenvalue weighted by Gasteiger charge is 1.57. The molecule has 0 aliphatic heterocycles. The van der Waals surface area contributed by atoms with Gasteiger partial charge in [-0.3, -0.25) is 0 Å². The molecule has 0 saturated carbocycles. The first kappa shape index (κ1) is 29.2. The summed E-state index contributed by atoms with van der Waals surface area (Å²) < 4.78 is 0. The third-order valence-electron chi connectivity index (χ3n) is 0.667. The van der Waals surface area contributed by atoms with Crippen LogP contribution in [0.1, 0.15) is 0 Å². The van der Waals surface area contributed by atoms with Crippen molar-refractivity contribution in [1.82, 2.24) is 0 Å². The highest BCUT2D eigenvalue weighted by atomic mass is 127. The van der Waals surface area contributed by atoms with E-state index in [0.29, 0.717) is 0 Å². The van der Waals surface area contributed by atoms with Gasteiger partial charge in [-0.2, -0.15) is 0 Å². The molecule has 0 radical (unpaired) electrons. The lowest BCUT2D eigenvalue weighted by atomic mass is 10.4. The van der Waals surface area contributed by atoms with Gasteiger partial charge in [-0.15, -0.1) is 120 Å². The third-order valence-corrected chi connectivity index (χ3v) is 0.667. The molecule has 0 nitrogen and oxygen atoms in total. The van der Waals surface area contributed by atoms with E-state index in [1.807, 2.05) is 36.4 Å². The van der Waals surface area contributed by atoms with Gasteiger partial charge in [0.05, 0.1) is 0 Å². The highest BCUT2D eigenvalue weighted by molar-refractivity contribution is 14.0. The molecule has 0 N–H and O–H groups in total. The van der Waals surface area contributed by atoms with Crippen LogP contribution >= 0.6 is 120 Å². The van der Waals surface area contributed by atoms with Gasteiger partial charge in [-0.25, -0.2) is 0 Å². The average molecular weight is 718 g/mol. The lowest BCUT2D eigenvalue weighted by Crippen LogP contribution is -1.47. The number of hydrogen-bond acceptors (Lipinski definition) is 0. The van der Waals surface area contributed by atoms with Crippen molar-refractivity contribution in [3.05, 3.63) is 36.4 Å². The molecular formula is C6H11I5. The SMILES string of the molecule is I.I.I.I.I.c1ccccc1. The summed E-state index contributed by atoms with van der Waals surface area (Å²) in [6.45, 7) is 0. The van der Waals surface area contributed by atoms with Crippen molar-refractivity contribution in [3.63, 3.8) is 0 Å². The Morgan fingerprint density at radius 2 is 0.364 bits per heavy atom. The quantitative estimate of drug-likeness (QED) is 0.340. The summed E-state index contributed by atoms with van der Waals surface area (Å²) in [5.41, 5.74) is 0. The van der Waals surface area contributed by atoms with Gasteiger partial charge in [0.2, 0.25) is 0 Å². The molecule has 11 heavy (non-hydrogen) atoms. The first-order valence-corrected chi connectivity index (χ1v) is 2.00. The standard InChI is InChI=1S/C6H6.5HI/c1-2-4-6-5-3-1;;;;;/h1-6H;5*1H. The van der Waals surface area contributed by atoms with Gasteiger partial charge in [0.25, 0.3) is 0 Å². The molecule has 0 unspecified atom stereocenters. The molecule has 1 aromatic rings.